The number of benzene rings is 1. The molecule has 2 aromatic rings. The number of aromatic nitrogens is 1. The molecule has 6 nitrogen and oxygen atoms in total. The maximum absolute atomic E-state index is 13.1. The highest BCUT2D eigenvalue weighted by Crippen LogP contribution is 2.28. The van der Waals surface area contributed by atoms with Gasteiger partial charge in [0.25, 0.3) is 0 Å². The summed E-state index contributed by atoms with van der Waals surface area (Å²) in [4.78, 5) is 33.2. The van der Waals surface area contributed by atoms with Crippen LogP contribution in [0.25, 0.3) is 0 Å². The Kier molecular flexibility index (Phi) is 4.67. The second-order valence-corrected chi connectivity index (χ2v) is 6.70. The summed E-state index contributed by atoms with van der Waals surface area (Å²) in [5, 5.41) is 3.34. The normalized spacial score (nSPS) is 20.0. The highest BCUT2D eigenvalue weighted by Gasteiger charge is 2.32. The number of hydrogen-bond donors (Lipinski definition) is 1. The first-order valence-electron chi connectivity index (χ1n) is 9.02. The Hall–Kier alpha value is -2.73. The van der Waals surface area contributed by atoms with Gasteiger partial charge in [-0.25, -0.2) is 0 Å². The number of nitrogens with one attached hydrogen (secondary N) is 1. The van der Waals surface area contributed by atoms with Crippen molar-refractivity contribution in [3.05, 3.63) is 59.9 Å². The van der Waals surface area contributed by atoms with Crippen LogP contribution in [0.3, 0.4) is 0 Å². The molecular formula is C20H22N4O2. The third kappa shape index (κ3) is 3.20. The first-order valence-corrected chi connectivity index (χ1v) is 9.02. The molecule has 1 unspecified atom stereocenters. The highest BCUT2D eigenvalue weighted by molar-refractivity contribution is 6.01. The second-order valence-electron chi connectivity index (χ2n) is 6.70. The summed E-state index contributed by atoms with van der Waals surface area (Å²) in [5.74, 6) is -0.00415. The fourth-order valence-electron chi connectivity index (χ4n) is 3.77. The molecule has 0 aliphatic carbocycles. The molecular weight excluding hydrogens is 328 g/mol. The zero-order chi connectivity index (χ0) is 17.9. The van der Waals surface area contributed by atoms with Crippen LogP contribution in [0.4, 0.5) is 5.69 Å². The van der Waals surface area contributed by atoms with Crippen molar-refractivity contribution in [1.29, 1.82) is 0 Å². The lowest BCUT2D eigenvalue weighted by molar-refractivity contribution is -0.134. The molecule has 6 heteroatoms. The van der Waals surface area contributed by atoms with E-state index < -0.39 is 0 Å². The largest absolute Gasteiger partial charge is 0.331 e. The number of anilines is 1. The molecule has 1 aromatic heterocycles. The summed E-state index contributed by atoms with van der Waals surface area (Å²) in [6.45, 7) is 2.17. The Morgan fingerprint density at radius 1 is 1.19 bits per heavy atom. The average Bonchev–Trinajstić information content (AvgIpc) is 2.71. The van der Waals surface area contributed by atoms with Crippen molar-refractivity contribution in [2.24, 2.45) is 0 Å². The monoisotopic (exact) mass is 350 g/mol. The smallest absolute Gasteiger partial charge is 0.243 e. The molecule has 0 spiro atoms. The molecule has 2 amide bonds. The van der Waals surface area contributed by atoms with Gasteiger partial charge in [-0.3, -0.25) is 14.6 Å². The Labute approximate surface area is 152 Å². The number of pyridine rings is 1. The average molecular weight is 350 g/mol. The third-order valence-electron chi connectivity index (χ3n) is 5.12. The van der Waals surface area contributed by atoms with E-state index in [4.69, 9.17) is 0 Å². The molecule has 1 fully saturated rings. The Bertz CT molecular complexity index is 808. The van der Waals surface area contributed by atoms with Crippen LogP contribution < -0.4 is 10.2 Å². The molecule has 1 N–H and O–H groups in total. The van der Waals surface area contributed by atoms with E-state index in [-0.39, 0.29) is 24.4 Å². The Balaban J connectivity index is 1.56. The second kappa shape index (κ2) is 7.25. The zero-order valence-corrected chi connectivity index (χ0v) is 14.6. The quantitative estimate of drug-likeness (QED) is 0.912. The van der Waals surface area contributed by atoms with Gasteiger partial charge in [0.05, 0.1) is 6.04 Å². The third-order valence-corrected chi connectivity index (χ3v) is 5.12. The zero-order valence-electron chi connectivity index (χ0n) is 14.6. The molecule has 0 radical (unpaired) electrons. The van der Waals surface area contributed by atoms with E-state index in [1.165, 1.54) is 0 Å². The van der Waals surface area contributed by atoms with Crippen molar-refractivity contribution in [3.8, 4) is 0 Å². The number of para-hydroxylation sites is 1. The van der Waals surface area contributed by atoms with Gasteiger partial charge in [0.15, 0.2) is 0 Å². The number of carbonyl (C=O) groups is 2. The van der Waals surface area contributed by atoms with Crippen LogP contribution in [0, 0.1) is 0 Å². The molecule has 4 rings (SSSR count). The topological polar surface area (TPSA) is 65.5 Å². The van der Waals surface area contributed by atoms with E-state index in [1.807, 2.05) is 41.3 Å². The summed E-state index contributed by atoms with van der Waals surface area (Å²) < 4.78 is 0. The Morgan fingerprint density at radius 2 is 2.08 bits per heavy atom. The van der Waals surface area contributed by atoms with Crippen LogP contribution in [0.5, 0.6) is 0 Å². The molecule has 1 atom stereocenters. The molecule has 1 aromatic carbocycles. The molecule has 134 valence electrons. The molecule has 3 heterocycles. The van der Waals surface area contributed by atoms with Crippen LogP contribution >= 0.6 is 0 Å². The van der Waals surface area contributed by atoms with Crippen LogP contribution in [-0.4, -0.2) is 47.9 Å². The molecule has 0 bridgehead atoms. The van der Waals surface area contributed by atoms with E-state index in [1.54, 1.807) is 17.3 Å². The van der Waals surface area contributed by atoms with Gasteiger partial charge in [-0.2, -0.15) is 0 Å². The number of piperazine rings is 1. The predicted molar refractivity (Wildman–Crippen MR) is 98.7 cm³/mol. The van der Waals surface area contributed by atoms with Gasteiger partial charge in [-0.15, -0.1) is 0 Å². The lowest BCUT2D eigenvalue weighted by atomic mass is 10.0. The van der Waals surface area contributed by atoms with E-state index in [0.29, 0.717) is 19.5 Å². The van der Waals surface area contributed by atoms with Crippen LogP contribution in [0.2, 0.25) is 0 Å². The van der Waals surface area contributed by atoms with Gasteiger partial charge in [0.1, 0.15) is 6.54 Å². The van der Waals surface area contributed by atoms with Crippen LogP contribution in [-0.2, 0) is 16.0 Å². The first kappa shape index (κ1) is 16.7. The highest BCUT2D eigenvalue weighted by atomic mass is 16.2. The number of fused-ring (bicyclic) bond motifs is 1. The molecule has 2 aliphatic heterocycles. The predicted octanol–water partition coefficient (Wildman–Crippen LogP) is 1.53. The van der Waals surface area contributed by atoms with Gasteiger partial charge < -0.3 is 15.1 Å². The van der Waals surface area contributed by atoms with Crippen molar-refractivity contribution < 1.29 is 9.59 Å². The van der Waals surface area contributed by atoms with Gasteiger partial charge in [0.2, 0.25) is 11.8 Å². The van der Waals surface area contributed by atoms with E-state index in [2.05, 4.69) is 10.3 Å². The van der Waals surface area contributed by atoms with Gasteiger partial charge >= 0.3 is 0 Å². The summed E-state index contributed by atoms with van der Waals surface area (Å²) in [7, 11) is 0. The lowest BCUT2D eigenvalue weighted by Crippen LogP contribution is -2.52. The maximum atomic E-state index is 13.1. The number of rotatable bonds is 3. The molecule has 1 saturated heterocycles. The summed E-state index contributed by atoms with van der Waals surface area (Å²) in [6.07, 6.45) is 4.73. The van der Waals surface area contributed by atoms with E-state index >= 15 is 0 Å². The maximum Gasteiger partial charge on any atom is 0.243 e. The van der Waals surface area contributed by atoms with Crippen molar-refractivity contribution >= 4 is 17.5 Å². The summed E-state index contributed by atoms with van der Waals surface area (Å²) >= 11 is 0. The minimum Gasteiger partial charge on any atom is -0.331 e. The van der Waals surface area contributed by atoms with Crippen LogP contribution in [0.1, 0.15) is 23.6 Å². The molecule has 26 heavy (non-hydrogen) atoms. The van der Waals surface area contributed by atoms with Crippen molar-refractivity contribution in [1.82, 2.24) is 15.2 Å². The van der Waals surface area contributed by atoms with Crippen molar-refractivity contribution in [2.75, 3.05) is 31.1 Å². The number of amides is 2. The number of hydrogen-bond acceptors (Lipinski definition) is 4. The van der Waals surface area contributed by atoms with E-state index in [0.717, 1.165) is 29.8 Å². The minimum absolute atomic E-state index is 0.0186. The van der Waals surface area contributed by atoms with Gasteiger partial charge in [-0.05, 0) is 29.7 Å². The fourth-order valence-corrected chi connectivity index (χ4v) is 3.77. The van der Waals surface area contributed by atoms with Crippen molar-refractivity contribution in [2.45, 2.75) is 18.9 Å². The first-order chi connectivity index (χ1) is 12.7. The summed E-state index contributed by atoms with van der Waals surface area (Å²) in [5.41, 5.74) is 3.01. The van der Waals surface area contributed by atoms with Gasteiger partial charge in [-0.1, -0.05) is 24.3 Å². The SMILES string of the molecule is O=C1CCc2ccccc2N1CC(=O)N1CCNCC1c1cccnc1. The van der Waals surface area contributed by atoms with Crippen LogP contribution in [0.15, 0.2) is 48.8 Å². The van der Waals surface area contributed by atoms with Gasteiger partial charge in [0, 0.05) is 44.1 Å². The van der Waals surface area contributed by atoms with Crippen molar-refractivity contribution in [3.63, 3.8) is 0 Å². The fraction of sp³-hybridized carbons (Fsp3) is 0.350. The molecule has 2 aliphatic rings. The summed E-state index contributed by atoms with van der Waals surface area (Å²) in [6, 6.07) is 11.7. The number of aryl methyl sites for hydroxylation is 1. The lowest BCUT2D eigenvalue weighted by Gasteiger charge is -2.38. The minimum atomic E-state index is -0.0555. The standard InChI is InChI=1S/C20H22N4O2/c25-19-8-7-15-4-1-2-6-17(15)24(19)14-20(26)23-11-10-22-13-18(23)16-5-3-9-21-12-16/h1-6,9,12,18,22H,7-8,10-11,13-14H2. The Morgan fingerprint density at radius 3 is 2.92 bits per heavy atom. The van der Waals surface area contributed by atoms with E-state index in [9.17, 15) is 9.59 Å². The number of carbonyl (C=O) groups excluding carboxylic acids is 2. The number of nitrogens with zero attached hydrogens (tertiary/aromatic N) is 3. The molecule has 0 saturated carbocycles.